The largest absolute Gasteiger partial charge is 0.398 e. The van der Waals surface area contributed by atoms with Crippen LogP contribution in [-0.2, 0) is 4.79 Å². The Morgan fingerprint density at radius 2 is 2.00 bits per heavy atom. The third-order valence-electron chi connectivity index (χ3n) is 1.99. The molecule has 0 aliphatic rings. The van der Waals surface area contributed by atoms with Crippen molar-refractivity contribution in [1.82, 2.24) is 0 Å². The molecule has 0 aliphatic carbocycles. The number of benzene rings is 1. The smallest absolute Gasteiger partial charge is 0.241 e. The van der Waals surface area contributed by atoms with Crippen molar-refractivity contribution in [1.29, 1.82) is 0 Å². The molecular weight excluding hydrogens is 176 g/mol. The maximum absolute atomic E-state index is 10.5. The second-order valence-corrected chi connectivity index (χ2v) is 3.32. The summed E-state index contributed by atoms with van der Waals surface area (Å²) in [5, 5.41) is 0. The van der Waals surface area contributed by atoms with Crippen molar-refractivity contribution in [3.05, 3.63) is 34.9 Å². The molecule has 0 aromatic heterocycles. The van der Waals surface area contributed by atoms with Crippen LogP contribution in [0, 0.1) is 13.8 Å². The molecule has 1 rings (SSSR count). The van der Waals surface area contributed by atoms with Crippen molar-refractivity contribution < 1.29 is 4.79 Å². The molecule has 1 aromatic carbocycles. The fourth-order valence-electron chi connectivity index (χ4n) is 1.32. The molecule has 0 spiro atoms. The van der Waals surface area contributed by atoms with Crippen molar-refractivity contribution in [2.75, 3.05) is 5.73 Å². The molecule has 0 saturated heterocycles. The average Bonchev–Trinajstić information content (AvgIpc) is 2.08. The third kappa shape index (κ3) is 2.36. The first kappa shape index (κ1) is 10.3. The van der Waals surface area contributed by atoms with Gasteiger partial charge in [-0.05, 0) is 37.1 Å². The Labute approximate surface area is 83.4 Å². The van der Waals surface area contributed by atoms with E-state index in [0.717, 1.165) is 16.7 Å². The molecule has 3 heteroatoms. The van der Waals surface area contributed by atoms with Crippen molar-refractivity contribution in [2.24, 2.45) is 5.73 Å². The topological polar surface area (TPSA) is 69.1 Å². The van der Waals surface area contributed by atoms with Crippen LogP contribution in [0.15, 0.2) is 18.2 Å². The molecule has 74 valence electrons. The van der Waals surface area contributed by atoms with Crippen LogP contribution in [0.25, 0.3) is 6.08 Å². The van der Waals surface area contributed by atoms with Gasteiger partial charge < -0.3 is 11.5 Å². The fraction of sp³-hybridized carbons (Fsp3) is 0.182. The number of amides is 1. The summed E-state index contributed by atoms with van der Waals surface area (Å²) < 4.78 is 0. The minimum atomic E-state index is -0.469. The second kappa shape index (κ2) is 3.96. The molecule has 0 unspecified atom stereocenters. The first-order chi connectivity index (χ1) is 6.50. The molecular formula is C11H14N2O. The van der Waals surface area contributed by atoms with E-state index in [1.807, 2.05) is 26.0 Å². The van der Waals surface area contributed by atoms with E-state index in [4.69, 9.17) is 11.5 Å². The van der Waals surface area contributed by atoms with Gasteiger partial charge in [-0.1, -0.05) is 11.6 Å². The summed E-state index contributed by atoms with van der Waals surface area (Å²) in [6.07, 6.45) is 2.95. The van der Waals surface area contributed by atoms with Crippen LogP contribution in [0.3, 0.4) is 0 Å². The number of rotatable bonds is 2. The highest BCUT2D eigenvalue weighted by Gasteiger charge is 2.00. The van der Waals surface area contributed by atoms with Gasteiger partial charge in [-0.3, -0.25) is 4.79 Å². The molecule has 0 atom stereocenters. The van der Waals surface area contributed by atoms with Gasteiger partial charge in [0.05, 0.1) is 0 Å². The Hall–Kier alpha value is -1.77. The van der Waals surface area contributed by atoms with Gasteiger partial charge in [0.2, 0.25) is 5.91 Å². The van der Waals surface area contributed by atoms with Crippen LogP contribution in [0.1, 0.15) is 16.7 Å². The molecule has 4 N–H and O–H groups in total. The van der Waals surface area contributed by atoms with Crippen LogP contribution in [0.4, 0.5) is 5.69 Å². The number of carbonyl (C=O) groups is 1. The third-order valence-corrected chi connectivity index (χ3v) is 1.99. The Bertz CT molecular complexity index is 395. The predicted molar refractivity (Wildman–Crippen MR) is 58.6 cm³/mol. The Morgan fingerprint density at radius 1 is 1.36 bits per heavy atom. The minimum absolute atomic E-state index is 0.469. The van der Waals surface area contributed by atoms with E-state index in [-0.39, 0.29) is 0 Å². The summed E-state index contributed by atoms with van der Waals surface area (Å²) in [5.41, 5.74) is 14.5. The number of carbonyl (C=O) groups excluding carboxylic acids is 1. The van der Waals surface area contributed by atoms with E-state index in [1.54, 1.807) is 6.08 Å². The van der Waals surface area contributed by atoms with E-state index in [0.29, 0.717) is 5.69 Å². The summed E-state index contributed by atoms with van der Waals surface area (Å²) in [7, 11) is 0. The maximum atomic E-state index is 10.5. The monoisotopic (exact) mass is 190 g/mol. The van der Waals surface area contributed by atoms with Gasteiger partial charge >= 0.3 is 0 Å². The van der Waals surface area contributed by atoms with Crippen LogP contribution in [0.5, 0.6) is 0 Å². The number of hydrogen-bond donors (Lipinski definition) is 2. The van der Waals surface area contributed by atoms with Gasteiger partial charge in [-0.25, -0.2) is 0 Å². The molecule has 0 radical (unpaired) electrons. The zero-order valence-corrected chi connectivity index (χ0v) is 8.37. The molecule has 14 heavy (non-hydrogen) atoms. The van der Waals surface area contributed by atoms with Crippen LogP contribution < -0.4 is 11.5 Å². The fourth-order valence-corrected chi connectivity index (χ4v) is 1.32. The van der Waals surface area contributed by atoms with Gasteiger partial charge in [0, 0.05) is 11.8 Å². The molecule has 3 nitrogen and oxygen atoms in total. The zero-order chi connectivity index (χ0) is 10.7. The van der Waals surface area contributed by atoms with E-state index < -0.39 is 5.91 Å². The van der Waals surface area contributed by atoms with Crippen molar-refractivity contribution in [2.45, 2.75) is 13.8 Å². The van der Waals surface area contributed by atoms with Gasteiger partial charge in [-0.2, -0.15) is 0 Å². The van der Waals surface area contributed by atoms with Gasteiger partial charge in [0.15, 0.2) is 0 Å². The minimum Gasteiger partial charge on any atom is -0.398 e. The van der Waals surface area contributed by atoms with Crippen molar-refractivity contribution in [3.63, 3.8) is 0 Å². The SMILES string of the molecule is Cc1cc(C)c(N)c(C=CC(N)=O)c1. The van der Waals surface area contributed by atoms with Crippen LogP contribution >= 0.6 is 0 Å². The zero-order valence-electron chi connectivity index (χ0n) is 8.37. The second-order valence-electron chi connectivity index (χ2n) is 3.32. The highest BCUT2D eigenvalue weighted by Crippen LogP contribution is 2.20. The van der Waals surface area contributed by atoms with Gasteiger partial charge in [0.25, 0.3) is 0 Å². The van der Waals surface area contributed by atoms with E-state index in [1.165, 1.54) is 6.08 Å². The lowest BCUT2D eigenvalue weighted by Gasteiger charge is -2.05. The summed E-state index contributed by atoms with van der Waals surface area (Å²) in [5.74, 6) is -0.469. The summed E-state index contributed by atoms with van der Waals surface area (Å²) >= 11 is 0. The number of nitrogen functional groups attached to an aromatic ring is 1. The van der Waals surface area contributed by atoms with Crippen LogP contribution in [0.2, 0.25) is 0 Å². The number of anilines is 1. The molecule has 1 aromatic rings. The Kier molecular flexibility index (Phi) is 2.92. The first-order valence-corrected chi connectivity index (χ1v) is 4.35. The lowest BCUT2D eigenvalue weighted by molar-refractivity contribution is -0.113. The Morgan fingerprint density at radius 3 is 2.57 bits per heavy atom. The summed E-state index contributed by atoms with van der Waals surface area (Å²) in [6, 6.07) is 3.92. The van der Waals surface area contributed by atoms with Gasteiger partial charge in [-0.15, -0.1) is 0 Å². The first-order valence-electron chi connectivity index (χ1n) is 4.35. The van der Waals surface area contributed by atoms with Crippen LogP contribution in [-0.4, -0.2) is 5.91 Å². The highest BCUT2D eigenvalue weighted by atomic mass is 16.1. The number of hydrogen-bond acceptors (Lipinski definition) is 2. The number of aryl methyl sites for hydroxylation is 2. The molecule has 0 bridgehead atoms. The molecule has 0 fully saturated rings. The van der Waals surface area contributed by atoms with E-state index in [2.05, 4.69) is 0 Å². The number of nitrogens with two attached hydrogens (primary N) is 2. The number of primary amides is 1. The van der Waals surface area contributed by atoms with Crippen molar-refractivity contribution in [3.8, 4) is 0 Å². The highest BCUT2D eigenvalue weighted by molar-refractivity contribution is 5.91. The van der Waals surface area contributed by atoms with Crippen molar-refractivity contribution >= 4 is 17.7 Å². The van der Waals surface area contributed by atoms with E-state index in [9.17, 15) is 4.79 Å². The lowest BCUT2D eigenvalue weighted by atomic mass is 10.0. The van der Waals surface area contributed by atoms with E-state index >= 15 is 0 Å². The maximum Gasteiger partial charge on any atom is 0.241 e. The van der Waals surface area contributed by atoms with Gasteiger partial charge in [0.1, 0.15) is 0 Å². The quantitative estimate of drug-likeness (QED) is 0.546. The lowest BCUT2D eigenvalue weighted by Crippen LogP contribution is -2.05. The standard InChI is InChI=1S/C11H14N2O/c1-7-5-8(2)11(13)9(6-7)3-4-10(12)14/h3-6H,13H2,1-2H3,(H2,12,14). The molecule has 0 saturated carbocycles. The summed E-state index contributed by atoms with van der Waals surface area (Å²) in [4.78, 5) is 10.5. The Balaban J connectivity index is 3.14. The predicted octanol–water partition coefficient (Wildman–Crippen LogP) is 1.38. The molecule has 0 heterocycles. The summed E-state index contributed by atoms with van der Waals surface area (Å²) in [6.45, 7) is 3.91. The molecule has 0 aliphatic heterocycles. The average molecular weight is 190 g/mol. The normalized spacial score (nSPS) is 10.7. The molecule has 1 amide bonds.